The highest BCUT2D eigenvalue weighted by Crippen LogP contribution is 2.49. The summed E-state index contributed by atoms with van der Waals surface area (Å²) in [6, 6.07) is 5.16. The van der Waals surface area contributed by atoms with E-state index in [1.807, 2.05) is 25.7 Å². The molecule has 4 heterocycles. The van der Waals surface area contributed by atoms with Gasteiger partial charge in [0.1, 0.15) is 24.2 Å². The number of rotatable bonds is 7. The molecule has 3 aromatic rings. The molecule has 0 saturated carbocycles. The summed E-state index contributed by atoms with van der Waals surface area (Å²) in [7, 11) is -1.30. The Morgan fingerprint density at radius 1 is 1.14 bits per heavy atom. The molecule has 0 atom stereocenters. The number of nitrogens with two attached hydrogens (primary N) is 1. The van der Waals surface area contributed by atoms with Crippen LogP contribution in [0.1, 0.15) is 64.1 Å². The average molecular weight is 616 g/mol. The van der Waals surface area contributed by atoms with E-state index in [2.05, 4.69) is 51.3 Å². The first-order valence-electron chi connectivity index (χ1n) is 15.5. The van der Waals surface area contributed by atoms with Crippen LogP contribution in [0.3, 0.4) is 0 Å². The molecule has 1 fully saturated rings. The molecule has 2 N–H and O–H groups in total. The number of anilines is 1. The largest absolute Gasteiger partial charge is 0.444 e. The quantitative estimate of drug-likeness (QED) is 0.226. The van der Waals surface area contributed by atoms with Crippen LogP contribution in [-0.2, 0) is 16.2 Å². The molecule has 3 aromatic heterocycles. The van der Waals surface area contributed by atoms with Gasteiger partial charge in [-0.15, -0.1) is 0 Å². The zero-order chi connectivity index (χ0) is 31.7. The van der Waals surface area contributed by atoms with Crippen molar-refractivity contribution in [3.8, 4) is 17.5 Å². The molecule has 0 bridgehead atoms. The molecule has 234 valence electrons. The Hall–Kier alpha value is -3.75. The predicted molar refractivity (Wildman–Crippen MR) is 175 cm³/mol. The van der Waals surface area contributed by atoms with Gasteiger partial charge in [0.05, 0.1) is 27.7 Å². The Labute approximate surface area is 261 Å². The zero-order valence-corrected chi connectivity index (χ0v) is 27.9. The average Bonchev–Trinajstić information content (AvgIpc) is 3.31. The fourth-order valence-corrected chi connectivity index (χ4v) is 6.99. The number of carbonyl (C=O) groups excluding carboxylic acids is 1. The van der Waals surface area contributed by atoms with E-state index in [1.165, 1.54) is 5.57 Å². The molecule has 0 aromatic carbocycles. The second-order valence-corrected chi connectivity index (χ2v) is 20.0. The highest BCUT2D eigenvalue weighted by atomic mass is 28.3. The summed E-state index contributed by atoms with van der Waals surface area (Å²) in [5.41, 5.74) is 10.2. The van der Waals surface area contributed by atoms with Crippen LogP contribution in [-0.4, -0.2) is 63.9 Å². The maximum absolute atomic E-state index is 12.7. The monoisotopic (exact) mass is 615 g/mol. The van der Waals surface area contributed by atoms with Gasteiger partial charge >= 0.3 is 6.09 Å². The number of likely N-dealkylation sites (tertiary alicyclic amines) is 1. The number of nitrogen functional groups attached to an aromatic ring is 1. The number of piperidine rings is 1. The number of carbonyl (C=O) groups is 1. The van der Waals surface area contributed by atoms with E-state index in [0.717, 1.165) is 49.4 Å². The van der Waals surface area contributed by atoms with E-state index < -0.39 is 13.7 Å². The summed E-state index contributed by atoms with van der Waals surface area (Å²) in [4.78, 5) is 28.2. The molecule has 1 aliphatic heterocycles. The number of ether oxygens (including phenoxy) is 2. The van der Waals surface area contributed by atoms with Crippen LogP contribution in [0.5, 0.6) is 0 Å². The molecule has 0 radical (unpaired) electrons. The molecule has 5 rings (SSSR count). The topological polar surface area (TPSA) is 132 Å². The van der Waals surface area contributed by atoms with Crippen molar-refractivity contribution in [2.24, 2.45) is 5.41 Å². The third kappa shape index (κ3) is 6.81. The molecule has 1 saturated heterocycles. The maximum Gasteiger partial charge on any atom is 0.410 e. The second kappa shape index (κ2) is 12.3. The molecular weight excluding hydrogens is 570 g/mol. The number of allylic oxidation sites excluding steroid dienone is 2. The number of amides is 1. The minimum Gasteiger partial charge on any atom is -0.444 e. The lowest BCUT2D eigenvalue weighted by atomic mass is 9.68. The van der Waals surface area contributed by atoms with Gasteiger partial charge in [-0.05, 0) is 76.0 Å². The van der Waals surface area contributed by atoms with E-state index in [-0.39, 0.29) is 18.2 Å². The van der Waals surface area contributed by atoms with Crippen LogP contribution >= 0.6 is 0 Å². The summed E-state index contributed by atoms with van der Waals surface area (Å²) >= 11 is 0. The van der Waals surface area contributed by atoms with Gasteiger partial charge in [-0.25, -0.2) is 19.7 Å². The van der Waals surface area contributed by atoms with Gasteiger partial charge < -0.3 is 24.7 Å². The first-order valence-corrected chi connectivity index (χ1v) is 19.2. The third-order valence-corrected chi connectivity index (χ3v) is 10.4. The lowest BCUT2D eigenvalue weighted by Crippen LogP contribution is -2.45. The zero-order valence-electron chi connectivity index (χ0n) is 26.9. The van der Waals surface area contributed by atoms with E-state index in [1.54, 1.807) is 24.7 Å². The Balaban J connectivity index is 1.52. The van der Waals surface area contributed by atoms with Crippen LogP contribution in [0.15, 0.2) is 30.7 Å². The first kappa shape index (κ1) is 31.7. The number of hydrogen-bond acceptors (Lipinski definition) is 8. The molecule has 1 aliphatic carbocycles. The molecule has 0 unspecified atom stereocenters. The first-order chi connectivity index (χ1) is 20.8. The van der Waals surface area contributed by atoms with Gasteiger partial charge in [-0.3, -0.25) is 0 Å². The number of fused-ring (bicyclic) bond motifs is 1. The van der Waals surface area contributed by atoms with E-state index in [4.69, 9.17) is 15.2 Å². The van der Waals surface area contributed by atoms with Crippen molar-refractivity contribution in [2.75, 3.05) is 25.4 Å². The molecule has 44 heavy (non-hydrogen) atoms. The predicted octanol–water partition coefficient (Wildman–Crippen LogP) is 6.84. The third-order valence-electron chi connectivity index (χ3n) is 8.72. The van der Waals surface area contributed by atoms with Crippen LogP contribution in [0.25, 0.3) is 27.9 Å². The lowest BCUT2D eigenvalue weighted by molar-refractivity contribution is 0.00895. The standard InChI is InChI=1S/C33H45N7O3Si/c1-32(2,3)43-31(41)39-16-12-33(13-17-39)10-8-23(9-11-33)27-26(30-36-14-7-15-37-30)25-28(24(20-34)21-38-29(25)35)40(27)22-42-18-19-44(4,5)6/h7-8,14-15,21H,9-13,16-19,22H2,1-6H3,(H2,35,38). The van der Waals surface area contributed by atoms with Crippen molar-refractivity contribution in [1.29, 1.82) is 5.26 Å². The van der Waals surface area contributed by atoms with Crippen molar-refractivity contribution in [3.63, 3.8) is 0 Å². The lowest BCUT2D eigenvalue weighted by Gasteiger charge is -2.43. The van der Waals surface area contributed by atoms with Crippen molar-refractivity contribution in [2.45, 2.75) is 90.9 Å². The fourth-order valence-electron chi connectivity index (χ4n) is 6.24. The Morgan fingerprint density at radius 2 is 1.84 bits per heavy atom. The Kier molecular flexibility index (Phi) is 8.87. The van der Waals surface area contributed by atoms with Crippen molar-refractivity contribution in [1.82, 2.24) is 24.4 Å². The van der Waals surface area contributed by atoms with Crippen LogP contribution in [0, 0.1) is 16.7 Å². The van der Waals surface area contributed by atoms with Gasteiger partial charge in [0.15, 0.2) is 5.82 Å². The van der Waals surface area contributed by atoms with Gasteiger partial charge in [0.2, 0.25) is 0 Å². The Morgan fingerprint density at radius 3 is 2.43 bits per heavy atom. The minimum absolute atomic E-state index is 0.133. The molecule has 1 spiro atoms. The summed E-state index contributed by atoms with van der Waals surface area (Å²) in [6.07, 6.45) is 11.7. The highest BCUT2D eigenvalue weighted by Gasteiger charge is 2.39. The highest BCUT2D eigenvalue weighted by molar-refractivity contribution is 6.76. The second-order valence-electron chi connectivity index (χ2n) is 14.4. The summed E-state index contributed by atoms with van der Waals surface area (Å²) in [6.45, 7) is 15.0. The van der Waals surface area contributed by atoms with E-state index >= 15 is 0 Å². The van der Waals surface area contributed by atoms with Crippen LogP contribution in [0.4, 0.5) is 10.6 Å². The molecular formula is C33H45N7O3Si. The van der Waals surface area contributed by atoms with E-state index in [0.29, 0.717) is 47.8 Å². The van der Waals surface area contributed by atoms with Crippen LogP contribution in [0.2, 0.25) is 25.7 Å². The molecule has 2 aliphatic rings. The van der Waals surface area contributed by atoms with Gasteiger partial charge in [0, 0.05) is 46.4 Å². The van der Waals surface area contributed by atoms with Crippen molar-refractivity contribution in [3.05, 3.63) is 42.0 Å². The summed E-state index contributed by atoms with van der Waals surface area (Å²) in [5, 5.41) is 10.8. The number of nitrogens with zero attached hydrogens (tertiary/aromatic N) is 6. The maximum atomic E-state index is 12.7. The van der Waals surface area contributed by atoms with Crippen molar-refractivity contribution >= 4 is 36.5 Å². The minimum atomic E-state index is -1.30. The number of hydrogen-bond donors (Lipinski definition) is 1. The SMILES string of the molecule is CC(C)(C)OC(=O)N1CCC2(CC=C(c3c(-c4ncccn4)c4c(N)ncc(C#N)c4n3COCC[Si](C)(C)C)CC2)CC1. The fraction of sp³-hybridized carbons (Fsp3) is 0.545. The van der Waals surface area contributed by atoms with E-state index in [9.17, 15) is 10.1 Å². The molecule has 1 amide bonds. The van der Waals surface area contributed by atoms with Crippen LogP contribution < -0.4 is 5.73 Å². The van der Waals surface area contributed by atoms with Gasteiger partial charge in [-0.1, -0.05) is 25.7 Å². The number of pyridine rings is 1. The van der Waals surface area contributed by atoms with Gasteiger partial charge in [-0.2, -0.15) is 5.26 Å². The normalized spacial score (nSPS) is 17.0. The summed E-state index contributed by atoms with van der Waals surface area (Å²) in [5.74, 6) is 0.884. The Bertz CT molecular complexity index is 1590. The smallest absolute Gasteiger partial charge is 0.410 e. The molecule has 11 heteroatoms. The number of nitriles is 1. The van der Waals surface area contributed by atoms with Crippen molar-refractivity contribution < 1.29 is 14.3 Å². The molecule has 10 nitrogen and oxygen atoms in total. The number of aromatic nitrogens is 4. The van der Waals surface area contributed by atoms with Gasteiger partial charge in [0.25, 0.3) is 0 Å². The summed E-state index contributed by atoms with van der Waals surface area (Å²) < 4.78 is 14.0.